The summed E-state index contributed by atoms with van der Waals surface area (Å²) in [4.78, 5) is 6.91. The average molecular weight is 259 g/mol. The summed E-state index contributed by atoms with van der Waals surface area (Å²) < 4.78 is 0. The van der Waals surface area contributed by atoms with Gasteiger partial charge in [-0.3, -0.25) is 4.90 Å². The monoisotopic (exact) mass is 259 g/mol. The third kappa shape index (κ3) is 2.61. The Hall–Kier alpha value is -1.23. The smallest absolute Gasteiger partial charge is 0.107 e. The van der Waals surface area contributed by atoms with Crippen LogP contribution in [0.2, 0.25) is 0 Å². The lowest BCUT2D eigenvalue weighted by atomic mass is 10.0. The minimum Gasteiger partial charge on any atom is -0.314 e. The van der Waals surface area contributed by atoms with Crippen LogP contribution in [0.4, 0.5) is 0 Å². The highest BCUT2D eigenvalue weighted by Crippen LogP contribution is 2.24. The number of nitrogens with one attached hydrogen (secondary N) is 1. The topological polar surface area (TPSA) is 28.2 Å². The zero-order valence-corrected chi connectivity index (χ0v) is 11.1. The van der Waals surface area contributed by atoms with Crippen LogP contribution >= 0.6 is 11.3 Å². The van der Waals surface area contributed by atoms with Crippen molar-refractivity contribution in [2.45, 2.75) is 12.6 Å². The van der Waals surface area contributed by atoms with Gasteiger partial charge in [0.2, 0.25) is 0 Å². The van der Waals surface area contributed by atoms with E-state index in [-0.39, 0.29) is 0 Å². The second-order valence-corrected chi connectivity index (χ2v) is 5.51. The highest BCUT2D eigenvalue weighted by atomic mass is 32.1. The highest BCUT2D eigenvalue weighted by molar-refractivity contribution is 7.09. The lowest BCUT2D eigenvalue weighted by Gasteiger charge is -2.36. The van der Waals surface area contributed by atoms with E-state index >= 15 is 0 Å². The van der Waals surface area contributed by atoms with E-state index in [9.17, 15) is 0 Å². The van der Waals surface area contributed by atoms with Gasteiger partial charge in [0, 0.05) is 37.3 Å². The first kappa shape index (κ1) is 11.8. The van der Waals surface area contributed by atoms with Gasteiger partial charge in [0.1, 0.15) is 5.01 Å². The van der Waals surface area contributed by atoms with Gasteiger partial charge in [-0.2, -0.15) is 0 Å². The van der Waals surface area contributed by atoms with E-state index in [2.05, 4.69) is 50.9 Å². The Kier molecular flexibility index (Phi) is 3.69. The lowest BCUT2D eigenvalue weighted by Crippen LogP contribution is -2.45. The fourth-order valence-electron chi connectivity index (χ4n) is 2.44. The summed E-state index contributed by atoms with van der Waals surface area (Å²) in [7, 11) is 0. The Morgan fingerprint density at radius 3 is 3.00 bits per heavy atom. The van der Waals surface area contributed by atoms with Gasteiger partial charge in [-0.25, -0.2) is 4.98 Å². The fraction of sp³-hybridized carbons (Fsp3) is 0.357. The average Bonchev–Trinajstić information content (AvgIpc) is 2.93. The Morgan fingerprint density at radius 1 is 1.33 bits per heavy atom. The van der Waals surface area contributed by atoms with E-state index < -0.39 is 0 Å². The van der Waals surface area contributed by atoms with Crippen molar-refractivity contribution in [3.63, 3.8) is 0 Å². The van der Waals surface area contributed by atoms with Gasteiger partial charge < -0.3 is 5.32 Å². The predicted octanol–water partition coefficient (Wildman–Crippen LogP) is 2.29. The van der Waals surface area contributed by atoms with E-state index in [0.717, 1.165) is 26.2 Å². The Bertz CT molecular complexity index is 469. The van der Waals surface area contributed by atoms with Crippen LogP contribution in [0.3, 0.4) is 0 Å². The van der Waals surface area contributed by atoms with Gasteiger partial charge in [-0.15, -0.1) is 11.3 Å². The standard InChI is InChI=1S/C14H17N3S/c1-2-4-12(5-3-1)13-10-15-6-8-17(13)11-14-16-7-9-18-14/h1-5,7,9,13,15H,6,8,10-11H2/t13-/m0/s1. The van der Waals surface area contributed by atoms with E-state index in [1.807, 2.05) is 6.20 Å². The molecule has 1 N–H and O–H groups in total. The molecule has 0 amide bonds. The number of piperazine rings is 1. The largest absolute Gasteiger partial charge is 0.314 e. The van der Waals surface area contributed by atoms with Crippen LogP contribution in [-0.4, -0.2) is 29.5 Å². The molecule has 0 bridgehead atoms. The van der Waals surface area contributed by atoms with Gasteiger partial charge in [0.15, 0.2) is 0 Å². The summed E-state index contributed by atoms with van der Waals surface area (Å²) in [5.74, 6) is 0. The second kappa shape index (κ2) is 5.61. The molecule has 2 aromatic rings. The van der Waals surface area contributed by atoms with Gasteiger partial charge in [-0.05, 0) is 5.56 Å². The molecule has 1 aliphatic heterocycles. The van der Waals surface area contributed by atoms with Crippen molar-refractivity contribution in [2.75, 3.05) is 19.6 Å². The molecule has 3 nitrogen and oxygen atoms in total. The number of thiazole rings is 1. The van der Waals surface area contributed by atoms with Gasteiger partial charge in [-0.1, -0.05) is 30.3 Å². The molecular weight excluding hydrogens is 242 g/mol. The molecule has 1 aromatic carbocycles. The summed E-state index contributed by atoms with van der Waals surface area (Å²) in [6.07, 6.45) is 1.89. The van der Waals surface area contributed by atoms with E-state index in [1.54, 1.807) is 11.3 Å². The maximum absolute atomic E-state index is 4.39. The van der Waals surface area contributed by atoms with Crippen molar-refractivity contribution in [3.8, 4) is 0 Å². The molecular formula is C14H17N3S. The van der Waals surface area contributed by atoms with E-state index in [0.29, 0.717) is 6.04 Å². The maximum Gasteiger partial charge on any atom is 0.107 e. The van der Waals surface area contributed by atoms with Crippen LogP contribution in [0.25, 0.3) is 0 Å². The van der Waals surface area contributed by atoms with E-state index in [1.165, 1.54) is 10.6 Å². The number of hydrogen-bond acceptors (Lipinski definition) is 4. The molecule has 1 aliphatic rings. The molecule has 0 aliphatic carbocycles. The van der Waals surface area contributed by atoms with Crippen molar-refractivity contribution in [1.82, 2.24) is 15.2 Å². The molecule has 4 heteroatoms. The van der Waals surface area contributed by atoms with Crippen molar-refractivity contribution in [2.24, 2.45) is 0 Å². The molecule has 2 heterocycles. The third-order valence-electron chi connectivity index (χ3n) is 3.36. The zero-order valence-electron chi connectivity index (χ0n) is 10.2. The molecule has 1 aromatic heterocycles. The number of rotatable bonds is 3. The molecule has 3 rings (SSSR count). The highest BCUT2D eigenvalue weighted by Gasteiger charge is 2.23. The quantitative estimate of drug-likeness (QED) is 0.916. The molecule has 0 spiro atoms. The summed E-state index contributed by atoms with van der Waals surface area (Å²) in [5, 5.41) is 6.74. The fourth-order valence-corrected chi connectivity index (χ4v) is 3.09. The van der Waals surface area contributed by atoms with Crippen molar-refractivity contribution in [3.05, 3.63) is 52.5 Å². The summed E-state index contributed by atoms with van der Waals surface area (Å²) in [5.41, 5.74) is 1.39. The van der Waals surface area contributed by atoms with Crippen molar-refractivity contribution < 1.29 is 0 Å². The molecule has 0 unspecified atom stereocenters. The minimum absolute atomic E-state index is 0.462. The van der Waals surface area contributed by atoms with Crippen molar-refractivity contribution >= 4 is 11.3 Å². The first-order valence-corrected chi connectivity index (χ1v) is 7.19. The summed E-state index contributed by atoms with van der Waals surface area (Å²) >= 11 is 1.74. The molecule has 1 saturated heterocycles. The van der Waals surface area contributed by atoms with Crippen LogP contribution in [-0.2, 0) is 6.54 Å². The molecule has 18 heavy (non-hydrogen) atoms. The lowest BCUT2D eigenvalue weighted by molar-refractivity contribution is 0.153. The normalized spacial score (nSPS) is 21.0. The van der Waals surface area contributed by atoms with Crippen LogP contribution in [0.15, 0.2) is 41.9 Å². The number of aromatic nitrogens is 1. The first-order chi connectivity index (χ1) is 8.93. The van der Waals surface area contributed by atoms with E-state index in [4.69, 9.17) is 0 Å². The molecule has 94 valence electrons. The molecule has 1 atom stereocenters. The van der Waals surface area contributed by atoms with Gasteiger partial charge in [0.05, 0.1) is 6.54 Å². The predicted molar refractivity (Wildman–Crippen MR) is 74.6 cm³/mol. The van der Waals surface area contributed by atoms with Gasteiger partial charge in [0.25, 0.3) is 0 Å². The van der Waals surface area contributed by atoms with Crippen LogP contribution < -0.4 is 5.32 Å². The molecule has 0 radical (unpaired) electrons. The minimum atomic E-state index is 0.462. The van der Waals surface area contributed by atoms with Crippen LogP contribution in [0.5, 0.6) is 0 Å². The Balaban J connectivity index is 1.78. The maximum atomic E-state index is 4.39. The molecule has 1 fully saturated rings. The van der Waals surface area contributed by atoms with Crippen LogP contribution in [0, 0.1) is 0 Å². The van der Waals surface area contributed by atoms with Crippen molar-refractivity contribution in [1.29, 1.82) is 0 Å². The number of benzene rings is 1. The summed E-state index contributed by atoms with van der Waals surface area (Å²) in [6, 6.07) is 11.2. The summed E-state index contributed by atoms with van der Waals surface area (Å²) in [6.45, 7) is 4.13. The first-order valence-electron chi connectivity index (χ1n) is 6.31. The zero-order chi connectivity index (χ0) is 12.2. The number of nitrogens with zero attached hydrogens (tertiary/aromatic N) is 2. The molecule has 0 saturated carbocycles. The Labute approximate surface area is 111 Å². The Morgan fingerprint density at radius 2 is 2.22 bits per heavy atom. The SMILES string of the molecule is c1ccc([C@@H]2CNCCN2Cc2nccs2)cc1. The number of hydrogen-bond donors (Lipinski definition) is 1. The third-order valence-corrected chi connectivity index (χ3v) is 4.12. The second-order valence-electron chi connectivity index (χ2n) is 4.53. The van der Waals surface area contributed by atoms with Gasteiger partial charge >= 0.3 is 0 Å². The van der Waals surface area contributed by atoms with Crippen LogP contribution in [0.1, 0.15) is 16.6 Å².